The molecule has 1 atom stereocenters. The fourth-order valence-corrected chi connectivity index (χ4v) is 4.91. The Labute approximate surface area is 171 Å². The summed E-state index contributed by atoms with van der Waals surface area (Å²) in [4.78, 5) is 27.8. The van der Waals surface area contributed by atoms with Gasteiger partial charge in [-0.3, -0.25) is 9.89 Å². The molecule has 3 aromatic heterocycles. The molecule has 29 heavy (non-hydrogen) atoms. The van der Waals surface area contributed by atoms with Crippen LogP contribution in [0.4, 0.5) is 0 Å². The third-order valence-corrected chi connectivity index (χ3v) is 6.57. The molecule has 1 saturated carbocycles. The Balaban J connectivity index is 1.40. The molecular formula is C21H21N3O4S. The maximum atomic E-state index is 13.4. The number of aryl methyl sites for hydroxylation is 1. The first-order valence-electron chi connectivity index (χ1n) is 9.75. The number of fused-ring (bicyclic) bond motifs is 1. The third kappa shape index (κ3) is 3.27. The molecule has 2 aliphatic rings. The predicted molar refractivity (Wildman–Crippen MR) is 107 cm³/mol. The summed E-state index contributed by atoms with van der Waals surface area (Å²) in [6.07, 6.45) is 6.57. The number of esters is 1. The largest absolute Gasteiger partial charge is 0.465 e. The van der Waals surface area contributed by atoms with Crippen molar-refractivity contribution in [1.29, 1.82) is 0 Å². The van der Waals surface area contributed by atoms with Crippen LogP contribution in [0.3, 0.4) is 0 Å². The van der Waals surface area contributed by atoms with Gasteiger partial charge in [0, 0.05) is 23.3 Å². The van der Waals surface area contributed by atoms with Crippen LogP contribution in [-0.2, 0) is 17.6 Å². The summed E-state index contributed by atoms with van der Waals surface area (Å²) in [6, 6.07) is 5.70. The SMILES string of the molecule is COC(=O)c1sccc1-c1ccc(C(=O)N(C2CC2)C2CCc3[nH]ncc3C2)o1. The van der Waals surface area contributed by atoms with Gasteiger partial charge in [0.15, 0.2) is 5.76 Å². The van der Waals surface area contributed by atoms with Gasteiger partial charge in [0.05, 0.1) is 13.3 Å². The fraction of sp³-hybridized carbons (Fsp3) is 0.381. The number of nitrogens with zero attached hydrogens (tertiary/aromatic N) is 2. The summed E-state index contributed by atoms with van der Waals surface area (Å²) in [6.45, 7) is 0. The van der Waals surface area contributed by atoms with Gasteiger partial charge in [-0.05, 0) is 61.2 Å². The van der Waals surface area contributed by atoms with E-state index >= 15 is 0 Å². The van der Waals surface area contributed by atoms with E-state index < -0.39 is 5.97 Å². The molecule has 150 valence electrons. The normalized spacial score (nSPS) is 18.3. The van der Waals surface area contributed by atoms with Crippen molar-refractivity contribution in [3.05, 3.63) is 51.7 Å². The molecule has 3 heterocycles. The molecule has 5 rings (SSSR count). The van der Waals surface area contributed by atoms with Crippen molar-refractivity contribution in [3.8, 4) is 11.3 Å². The zero-order chi connectivity index (χ0) is 20.0. The fourth-order valence-electron chi connectivity index (χ4n) is 4.10. The van der Waals surface area contributed by atoms with Gasteiger partial charge in [0.1, 0.15) is 10.6 Å². The zero-order valence-corrected chi connectivity index (χ0v) is 16.8. The Morgan fingerprint density at radius 2 is 2.10 bits per heavy atom. The average Bonchev–Trinajstić information content (AvgIpc) is 3.17. The molecular weight excluding hydrogens is 390 g/mol. The maximum Gasteiger partial charge on any atom is 0.348 e. The van der Waals surface area contributed by atoms with Gasteiger partial charge in [-0.2, -0.15) is 5.10 Å². The summed E-state index contributed by atoms with van der Waals surface area (Å²) < 4.78 is 10.8. The van der Waals surface area contributed by atoms with E-state index in [1.165, 1.54) is 29.7 Å². The Kier molecular flexibility index (Phi) is 4.50. The van der Waals surface area contributed by atoms with E-state index in [1.807, 2.05) is 22.5 Å². The van der Waals surface area contributed by atoms with Crippen LogP contribution in [0, 0.1) is 0 Å². The second-order valence-electron chi connectivity index (χ2n) is 7.53. The minimum Gasteiger partial charge on any atom is -0.465 e. The van der Waals surface area contributed by atoms with E-state index in [2.05, 4.69) is 10.2 Å². The van der Waals surface area contributed by atoms with Crippen LogP contribution in [-0.4, -0.2) is 46.2 Å². The van der Waals surface area contributed by atoms with Crippen LogP contribution < -0.4 is 0 Å². The number of carbonyl (C=O) groups excluding carboxylic acids is 2. The van der Waals surface area contributed by atoms with Gasteiger partial charge in [0.2, 0.25) is 0 Å². The van der Waals surface area contributed by atoms with E-state index in [0.717, 1.165) is 32.1 Å². The summed E-state index contributed by atoms with van der Waals surface area (Å²) in [5, 5.41) is 9.00. The number of rotatable bonds is 5. The summed E-state index contributed by atoms with van der Waals surface area (Å²) in [7, 11) is 1.35. The summed E-state index contributed by atoms with van der Waals surface area (Å²) >= 11 is 1.29. The third-order valence-electron chi connectivity index (χ3n) is 5.68. The number of furan rings is 1. The number of thiophene rings is 1. The first-order valence-corrected chi connectivity index (χ1v) is 10.6. The lowest BCUT2D eigenvalue weighted by molar-refractivity contribution is 0.0603. The van der Waals surface area contributed by atoms with Crippen LogP contribution >= 0.6 is 11.3 Å². The number of methoxy groups -OCH3 is 1. The molecule has 1 amide bonds. The van der Waals surface area contributed by atoms with Crippen LogP contribution in [0.25, 0.3) is 11.3 Å². The summed E-state index contributed by atoms with van der Waals surface area (Å²) in [5.74, 6) is 0.334. The first kappa shape index (κ1) is 18.2. The van der Waals surface area contributed by atoms with E-state index in [1.54, 1.807) is 12.1 Å². The van der Waals surface area contributed by atoms with Crippen molar-refractivity contribution in [1.82, 2.24) is 15.1 Å². The maximum absolute atomic E-state index is 13.4. The van der Waals surface area contributed by atoms with E-state index in [4.69, 9.17) is 9.15 Å². The van der Waals surface area contributed by atoms with E-state index in [9.17, 15) is 9.59 Å². The number of carbonyl (C=O) groups is 2. The van der Waals surface area contributed by atoms with Gasteiger partial charge in [-0.25, -0.2) is 4.79 Å². The molecule has 0 radical (unpaired) electrons. The number of ether oxygens (including phenoxy) is 1. The molecule has 3 aromatic rings. The molecule has 0 saturated heterocycles. The highest BCUT2D eigenvalue weighted by Gasteiger charge is 2.40. The van der Waals surface area contributed by atoms with E-state index in [0.29, 0.717) is 22.0 Å². The van der Waals surface area contributed by atoms with Gasteiger partial charge in [-0.1, -0.05) is 0 Å². The van der Waals surface area contributed by atoms with Gasteiger partial charge in [-0.15, -0.1) is 11.3 Å². The average molecular weight is 411 g/mol. The van der Waals surface area contributed by atoms with Crippen LogP contribution in [0.1, 0.15) is 50.7 Å². The molecule has 7 nitrogen and oxygen atoms in total. The summed E-state index contributed by atoms with van der Waals surface area (Å²) in [5.41, 5.74) is 3.03. The number of H-pyrrole nitrogens is 1. The molecule has 0 aromatic carbocycles. The monoisotopic (exact) mass is 411 g/mol. The second-order valence-corrected chi connectivity index (χ2v) is 8.45. The van der Waals surface area contributed by atoms with E-state index in [-0.39, 0.29) is 18.0 Å². The standard InChI is InChI=1S/C21H21N3O4S/c1-27-21(26)19-15(8-9-29-19)17-6-7-18(28-17)20(25)24(13-2-3-13)14-4-5-16-12(10-14)11-22-23-16/h6-9,11,13-14H,2-5,10H2,1H3,(H,22,23). The van der Waals surface area contributed by atoms with Crippen LogP contribution in [0.15, 0.2) is 34.2 Å². The number of hydrogen-bond acceptors (Lipinski definition) is 6. The molecule has 0 aliphatic heterocycles. The zero-order valence-electron chi connectivity index (χ0n) is 16.0. The lowest BCUT2D eigenvalue weighted by Gasteiger charge is -2.33. The highest BCUT2D eigenvalue weighted by molar-refractivity contribution is 7.12. The Bertz CT molecular complexity index is 1060. The highest BCUT2D eigenvalue weighted by atomic mass is 32.1. The molecule has 0 spiro atoms. The highest BCUT2D eigenvalue weighted by Crippen LogP contribution is 2.36. The van der Waals surface area contributed by atoms with Crippen molar-refractivity contribution in [2.45, 2.75) is 44.2 Å². The van der Waals surface area contributed by atoms with Crippen molar-refractivity contribution in [2.75, 3.05) is 7.11 Å². The van der Waals surface area contributed by atoms with Crippen molar-refractivity contribution in [2.24, 2.45) is 0 Å². The molecule has 8 heteroatoms. The smallest absolute Gasteiger partial charge is 0.348 e. The molecule has 2 aliphatic carbocycles. The predicted octanol–water partition coefficient (Wildman–Crippen LogP) is 3.68. The quantitative estimate of drug-likeness (QED) is 0.647. The lowest BCUT2D eigenvalue weighted by atomic mass is 9.92. The Morgan fingerprint density at radius 1 is 1.24 bits per heavy atom. The van der Waals surface area contributed by atoms with Gasteiger partial charge >= 0.3 is 5.97 Å². The number of hydrogen-bond donors (Lipinski definition) is 1. The Morgan fingerprint density at radius 3 is 2.90 bits per heavy atom. The molecule has 1 unspecified atom stereocenters. The minimum atomic E-state index is -0.406. The number of amides is 1. The van der Waals surface area contributed by atoms with Crippen molar-refractivity contribution in [3.63, 3.8) is 0 Å². The number of aromatic amines is 1. The number of nitrogens with one attached hydrogen (secondary N) is 1. The van der Waals surface area contributed by atoms with Crippen LogP contribution in [0.2, 0.25) is 0 Å². The lowest BCUT2D eigenvalue weighted by Crippen LogP contribution is -2.44. The molecule has 1 N–H and O–H groups in total. The second kappa shape index (κ2) is 7.18. The molecule has 1 fully saturated rings. The Hall–Kier alpha value is -2.87. The number of aromatic nitrogens is 2. The first-order chi connectivity index (χ1) is 14.2. The van der Waals surface area contributed by atoms with Crippen molar-refractivity contribution < 1.29 is 18.7 Å². The topological polar surface area (TPSA) is 88.4 Å². The minimum absolute atomic E-state index is 0.0782. The van der Waals surface area contributed by atoms with Crippen LogP contribution in [0.5, 0.6) is 0 Å². The van der Waals surface area contributed by atoms with Crippen molar-refractivity contribution >= 4 is 23.2 Å². The molecule has 0 bridgehead atoms. The van der Waals surface area contributed by atoms with Gasteiger partial charge in [0.25, 0.3) is 5.91 Å². The van der Waals surface area contributed by atoms with Gasteiger partial charge < -0.3 is 14.1 Å².